The highest BCUT2D eigenvalue weighted by Crippen LogP contribution is 2.18. The Kier molecular flexibility index (Phi) is 3.78. The minimum atomic E-state index is -1.19. The summed E-state index contributed by atoms with van der Waals surface area (Å²) in [6.07, 6.45) is 0. The van der Waals surface area contributed by atoms with E-state index in [0.717, 1.165) is 0 Å². The van der Waals surface area contributed by atoms with E-state index in [9.17, 15) is 9.90 Å². The summed E-state index contributed by atoms with van der Waals surface area (Å²) in [6.45, 7) is 0. The molecule has 2 aromatic carbocycles. The molecule has 0 aliphatic carbocycles. The van der Waals surface area contributed by atoms with Gasteiger partial charge in [0.05, 0.1) is 0 Å². The summed E-state index contributed by atoms with van der Waals surface area (Å²) in [5.41, 5.74) is 0.235. The number of hydrogen-bond acceptors (Lipinski definition) is 4. The molecule has 0 amide bonds. The van der Waals surface area contributed by atoms with E-state index in [4.69, 9.17) is 9.94 Å². The Bertz CT molecular complexity index is 608. The number of aromatic hydroxyl groups is 1. The summed E-state index contributed by atoms with van der Waals surface area (Å²) in [5, 5.41) is 22.0. The standard InChI is InChI=1S/C14H11NO4/c16-11-7-4-8-12(9-11)19-15-13(14(17)18)10-5-2-1-3-6-10/h1-9,16H,(H,17,18)/b15-13-. The number of carboxylic acid groups (broad SMARTS) is 1. The fraction of sp³-hybridized carbons (Fsp3) is 0. The summed E-state index contributed by atoms with van der Waals surface area (Å²) in [7, 11) is 0. The molecule has 2 rings (SSSR count). The molecule has 0 unspecified atom stereocenters. The van der Waals surface area contributed by atoms with E-state index in [1.165, 1.54) is 12.1 Å². The van der Waals surface area contributed by atoms with Crippen molar-refractivity contribution in [3.05, 3.63) is 60.2 Å². The van der Waals surface area contributed by atoms with Gasteiger partial charge < -0.3 is 15.1 Å². The molecule has 0 heterocycles. The van der Waals surface area contributed by atoms with Crippen molar-refractivity contribution in [2.45, 2.75) is 0 Å². The molecular weight excluding hydrogens is 246 g/mol. The van der Waals surface area contributed by atoms with Crippen LogP contribution in [0.25, 0.3) is 0 Å². The average molecular weight is 257 g/mol. The second kappa shape index (κ2) is 5.68. The quantitative estimate of drug-likeness (QED) is 0.650. The van der Waals surface area contributed by atoms with Crippen molar-refractivity contribution in [3.63, 3.8) is 0 Å². The normalized spacial score (nSPS) is 11.1. The number of phenolic OH excluding ortho intramolecular Hbond substituents is 1. The van der Waals surface area contributed by atoms with Crippen LogP contribution in [-0.2, 0) is 4.79 Å². The number of aliphatic carboxylic acids is 1. The summed E-state index contributed by atoms with van der Waals surface area (Å²) in [5.74, 6) is -0.912. The van der Waals surface area contributed by atoms with Crippen LogP contribution in [0.3, 0.4) is 0 Å². The zero-order chi connectivity index (χ0) is 13.7. The SMILES string of the molecule is O=C(O)/C(=N\Oc1cccc(O)c1)c1ccccc1. The predicted molar refractivity (Wildman–Crippen MR) is 69.3 cm³/mol. The monoisotopic (exact) mass is 257 g/mol. The highest BCUT2D eigenvalue weighted by molar-refractivity contribution is 6.42. The number of nitrogens with zero attached hydrogens (tertiary/aromatic N) is 1. The van der Waals surface area contributed by atoms with Crippen molar-refractivity contribution >= 4 is 11.7 Å². The highest BCUT2D eigenvalue weighted by Gasteiger charge is 2.13. The van der Waals surface area contributed by atoms with E-state index >= 15 is 0 Å². The van der Waals surface area contributed by atoms with Crippen LogP contribution in [0.2, 0.25) is 0 Å². The fourth-order valence-electron chi connectivity index (χ4n) is 1.45. The Balaban J connectivity index is 2.26. The zero-order valence-corrected chi connectivity index (χ0v) is 9.85. The Labute approximate surface area is 109 Å². The molecule has 0 atom stereocenters. The van der Waals surface area contributed by atoms with Gasteiger partial charge in [-0.2, -0.15) is 0 Å². The molecule has 0 radical (unpaired) electrons. The summed E-state index contributed by atoms with van der Waals surface area (Å²) in [6, 6.07) is 14.4. The minimum absolute atomic E-state index is 0.0179. The van der Waals surface area contributed by atoms with E-state index in [1.54, 1.807) is 42.5 Å². The lowest BCUT2D eigenvalue weighted by molar-refractivity contribution is -0.129. The number of hydrogen-bond donors (Lipinski definition) is 2. The van der Waals surface area contributed by atoms with Crippen LogP contribution in [0.15, 0.2) is 59.8 Å². The molecule has 5 nitrogen and oxygen atoms in total. The summed E-state index contributed by atoms with van der Waals surface area (Å²) >= 11 is 0. The molecule has 19 heavy (non-hydrogen) atoms. The zero-order valence-electron chi connectivity index (χ0n) is 9.85. The van der Waals surface area contributed by atoms with Crippen LogP contribution in [0.1, 0.15) is 5.56 Å². The second-order valence-electron chi connectivity index (χ2n) is 3.70. The number of phenols is 1. The maximum Gasteiger partial charge on any atom is 0.358 e. The molecule has 0 aliphatic rings. The van der Waals surface area contributed by atoms with Crippen LogP contribution in [-0.4, -0.2) is 21.9 Å². The van der Waals surface area contributed by atoms with Crippen LogP contribution in [0.4, 0.5) is 0 Å². The van der Waals surface area contributed by atoms with Crippen LogP contribution in [0, 0.1) is 0 Å². The molecule has 2 N–H and O–H groups in total. The lowest BCUT2D eigenvalue weighted by Gasteiger charge is -2.02. The Morgan fingerprint density at radius 3 is 2.42 bits per heavy atom. The van der Waals surface area contributed by atoms with Crippen molar-refractivity contribution in [1.29, 1.82) is 0 Å². The third-order valence-electron chi connectivity index (χ3n) is 2.31. The van der Waals surface area contributed by atoms with Gasteiger partial charge >= 0.3 is 5.97 Å². The molecule has 0 saturated carbocycles. The molecule has 0 aromatic heterocycles. The summed E-state index contributed by atoms with van der Waals surface area (Å²) < 4.78 is 0. The van der Waals surface area contributed by atoms with E-state index < -0.39 is 5.97 Å². The lowest BCUT2D eigenvalue weighted by atomic mass is 10.1. The highest BCUT2D eigenvalue weighted by atomic mass is 16.6. The van der Waals surface area contributed by atoms with Gasteiger partial charge in [0.15, 0.2) is 11.5 Å². The number of rotatable bonds is 4. The van der Waals surface area contributed by atoms with Gasteiger partial charge in [0.1, 0.15) is 5.75 Å². The number of carbonyl (C=O) groups is 1. The fourth-order valence-corrected chi connectivity index (χ4v) is 1.45. The van der Waals surface area contributed by atoms with Crippen LogP contribution < -0.4 is 4.84 Å². The van der Waals surface area contributed by atoms with Gasteiger partial charge in [0, 0.05) is 11.6 Å². The average Bonchev–Trinajstić information content (AvgIpc) is 2.40. The number of carboxylic acids is 1. The Hall–Kier alpha value is -2.82. The van der Waals surface area contributed by atoms with Crippen LogP contribution in [0.5, 0.6) is 11.5 Å². The van der Waals surface area contributed by atoms with E-state index in [2.05, 4.69) is 5.16 Å². The topological polar surface area (TPSA) is 79.1 Å². The number of oxime groups is 1. The number of benzene rings is 2. The smallest absolute Gasteiger partial charge is 0.358 e. The molecule has 0 saturated heterocycles. The Morgan fingerprint density at radius 1 is 1.05 bits per heavy atom. The maximum atomic E-state index is 11.1. The maximum absolute atomic E-state index is 11.1. The third kappa shape index (κ3) is 3.32. The van der Waals surface area contributed by atoms with Crippen molar-refractivity contribution in [2.24, 2.45) is 5.16 Å². The molecule has 5 heteroatoms. The molecule has 0 aliphatic heterocycles. The van der Waals surface area contributed by atoms with Gasteiger partial charge in [-0.05, 0) is 12.1 Å². The second-order valence-corrected chi connectivity index (χ2v) is 3.70. The van der Waals surface area contributed by atoms with Gasteiger partial charge in [0.25, 0.3) is 0 Å². The predicted octanol–water partition coefficient (Wildman–Crippen LogP) is 2.26. The van der Waals surface area contributed by atoms with Crippen molar-refractivity contribution < 1.29 is 19.8 Å². The lowest BCUT2D eigenvalue weighted by Crippen LogP contribution is -2.15. The van der Waals surface area contributed by atoms with Crippen molar-refractivity contribution in [2.75, 3.05) is 0 Å². The first kappa shape index (κ1) is 12.6. The van der Waals surface area contributed by atoms with Crippen molar-refractivity contribution in [1.82, 2.24) is 0 Å². The van der Waals surface area contributed by atoms with Gasteiger partial charge in [0.2, 0.25) is 0 Å². The molecule has 0 fully saturated rings. The van der Waals surface area contributed by atoms with E-state index in [0.29, 0.717) is 5.56 Å². The Morgan fingerprint density at radius 2 is 1.79 bits per heavy atom. The minimum Gasteiger partial charge on any atom is -0.508 e. The van der Waals surface area contributed by atoms with Gasteiger partial charge in [-0.15, -0.1) is 0 Å². The van der Waals surface area contributed by atoms with Crippen molar-refractivity contribution in [3.8, 4) is 11.5 Å². The largest absolute Gasteiger partial charge is 0.508 e. The van der Waals surface area contributed by atoms with Gasteiger partial charge in [-0.1, -0.05) is 41.6 Å². The first-order valence-corrected chi connectivity index (χ1v) is 5.49. The van der Waals surface area contributed by atoms with Gasteiger partial charge in [-0.3, -0.25) is 0 Å². The third-order valence-corrected chi connectivity index (χ3v) is 2.31. The first-order valence-electron chi connectivity index (χ1n) is 5.49. The van der Waals surface area contributed by atoms with Crippen LogP contribution >= 0.6 is 0 Å². The molecule has 0 bridgehead atoms. The van der Waals surface area contributed by atoms with E-state index in [1.807, 2.05) is 0 Å². The van der Waals surface area contributed by atoms with E-state index in [-0.39, 0.29) is 17.2 Å². The van der Waals surface area contributed by atoms with Gasteiger partial charge in [-0.25, -0.2) is 4.79 Å². The molecule has 0 spiro atoms. The molecule has 2 aromatic rings. The molecule has 96 valence electrons. The summed E-state index contributed by atoms with van der Waals surface area (Å²) in [4.78, 5) is 16.1. The first-order chi connectivity index (χ1) is 9.16. The molecular formula is C14H11NO4.